The van der Waals surface area contributed by atoms with Crippen molar-refractivity contribution in [1.82, 2.24) is 4.90 Å². The highest BCUT2D eigenvalue weighted by Crippen LogP contribution is 2.29. The van der Waals surface area contributed by atoms with Gasteiger partial charge in [-0.1, -0.05) is 11.6 Å². The van der Waals surface area contributed by atoms with Crippen molar-refractivity contribution in [2.24, 2.45) is 5.92 Å². The number of rotatable bonds is 2. The fraction of sp³-hybridized carbons (Fsp3) is 0.538. The van der Waals surface area contributed by atoms with Gasteiger partial charge in [0.1, 0.15) is 0 Å². The summed E-state index contributed by atoms with van der Waals surface area (Å²) in [6.07, 6.45) is 2.70. The van der Waals surface area contributed by atoms with Crippen LogP contribution in [0.15, 0.2) is 24.3 Å². The number of benzene rings is 1. The lowest BCUT2D eigenvalue weighted by Gasteiger charge is -2.45. The van der Waals surface area contributed by atoms with Gasteiger partial charge < -0.3 is 10.2 Å². The molecule has 0 amide bonds. The number of nitrogens with zero attached hydrogens (tertiary/aromatic N) is 1. The van der Waals surface area contributed by atoms with E-state index >= 15 is 0 Å². The Morgan fingerprint density at radius 2 is 1.81 bits per heavy atom. The first-order valence-electron chi connectivity index (χ1n) is 6.06. The fourth-order valence-corrected chi connectivity index (χ4v) is 3.01. The lowest BCUT2D eigenvalue weighted by molar-refractivity contribution is 0.0975. The lowest BCUT2D eigenvalue weighted by Crippen LogP contribution is -2.53. The molecule has 86 valence electrons. The van der Waals surface area contributed by atoms with Crippen molar-refractivity contribution in [2.75, 3.05) is 25.0 Å². The summed E-state index contributed by atoms with van der Waals surface area (Å²) in [4.78, 5) is 2.56. The molecule has 3 heterocycles. The largest absolute Gasteiger partial charge is 0.381 e. The number of hydrogen-bond donors (Lipinski definition) is 1. The van der Waals surface area contributed by atoms with Gasteiger partial charge in [-0.15, -0.1) is 0 Å². The number of hydrogen-bond acceptors (Lipinski definition) is 2. The molecule has 0 spiro atoms. The van der Waals surface area contributed by atoms with E-state index in [0.29, 0.717) is 6.04 Å². The summed E-state index contributed by atoms with van der Waals surface area (Å²) in [5, 5.41) is 4.44. The standard InChI is InChI=1S/C13H17ClN2/c14-11-1-3-12(4-2-11)15-13-9-16-7-5-10(13)6-8-16/h1-4,10,13,15H,5-9H2/t13-/m1/s1. The van der Waals surface area contributed by atoms with E-state index in [1.54, 1.807) is 0 Å². The topological polar surface area (TPSA) is 15.3 Å². The smallest absolute Gasteiger partial charge is 0.0417 e. The molecule has 1 aromatic carbocycles. The van der Waals surface area contributed by atoms with Crippen LogP contribution in [0.3, 0.4) is 0 Å². The third-order valence-electron chi connectivity index (χ3n) is 3.85. The van der Waals surface area contributed by atoms with E-state index in [1.165, 1.54) is 38.2 Å². The molecule has 3 fully saturated rings. The lowest BCUT2D eigenvalue weighted by atomic mass is 9.84. The summed E-state index contributed by atoms with van der Waals surface area (Å²) in [6.45, 7) is 3.79. The normalized spacial score (nSPS) is 32.7. The molecule has 1 aromatic rings. The van der Waals surface area contributed by atoms with E-state index in [1.807, 2.05) is 12.1 Å². The molecule has 3 aliphatic heterocycles. The SMILES string of the molecule is Clc1ccc(N[C@@H]2CN3CCC2CC3)cc1. The molecule has 0 saturated carbocycles. The van der Waals surface area contributed by atoms with Crippen LogP contribution in [0.5, 0.6) is 0 Å². The predicted octanol–water partition coefficient (Wildman–Crippen LogP) is 2.85. The average Bonchev–Trinajstić information content (AvgIpc) is 2.34. The van der Waals surface area contributed by atoms with Crippen LogP contribution in [-0.4, -0.2) is 30.6 Å². The number of halogens is 1. The number of fused-ring (bicyclic) bond motifs is 3. The molecule has 1 N–H and O–H groups in total. The molecule has 3 aliphatic rings. The van der Waals surface area contributed by atoms with Gasteiger partial charge in [0.2, 0.25) is 0 Å². The maximum Gasteiger partial charge on any atom is 0.0417 e. The van der Waals surface area contributed by atoms with E-state index in [4.69, 9.17) is 11.6 Å². The molecule has 0 aromatic heterocycles. The summed E-state index contributed by atoms with van der Waals surface area (Å²) < 4.78 is 0. The zero-order valence-corrected chi connectivity index (χ0v) is 10.1. The third kappa shape index (κ3) is 2.04. The van der Waals surface area contributed by atoms with Crippen molar-refractivity contribution in [3.63, 3.8) is 0 Å². The van der Waals surface area contributed by atoms with Crippen LogP contribution in [0, 0.1) is 5.92 Å². The van der Waals surface area contributed by atoms with Crippen LogP contribution >= 0.6 is 11.6 Å². The van der Waals surface area contributed by atoms with Crippen LogP contribution in [0.25, 0.3) is 0 Å². The maximum atomic E-state index is 5.88. The Balaban J connectivity index is 1.68. The monoisotopic (exact) mass is 236 g/mol. The van der Waals surface area contributed by atoms with Gasteiger partial charge in [0.25, 0.3) is 0 Å². The van der Waals surface area contributed by atoms with Crippen LogP contribution in [-0.2, 0) is 0 Å². The minimum Gasteiger partial charge on any atom is -0.381 e. The predicted molar refractivity (Wildman–Crippen MR) is 68.0 cm³/mol. The zero-order chi connectivity index (χ0) is 11.0. The minimum absolute atomic E-state index is 0.628. The summed E-state index contributed by atoms with van der Waals surface area (Å²) in [6, 6.07) is 8.67. The number of piperidine rings is 3. The quantitative estimate of drug-likeness (QED) is 0.850. The van der Waals surface area contributed by atoms with Gasteiger partial charge in [-0.3, -0.25) is 0 Å². The highest BCUT2D eigenvalue weighted by molar-refractivity contribution is 6.30. The van der Waals surface area contributed by atoms with E-state index in [2.05, 4.69) is 22.3 Å². The second kappa shape index (κ2) is 4.27. The molecule has 1 atom stereocenters. The number of anilines is 1. The van der Waals surface area contributed by atoms with Gasteiger partial charge in [0, 0.05) is 23.3 Å². The molecule has 0 radical (unpaired) electrons. The van der Waals surface area contributed by atoms with E-state index in [-0.39, 0.29) is 0 Å². The summed E-state index contributed by atoms with van der Waals surface area (Å²) in [7, 11) is 0. The van der Waals surface area contributed by atoms with Gasteiger partial charge in [0.05, 0.1) is 0 Å². The highest BCUT2D eigenvalue weighted by Gasteiger charge is 2.33. The molecule has 3 saturated heterocycles. The van der Waals surface area contributed by atoms with Crippen LogP contribution in [0.1, 0.15) is 12.8 Å². The Morgan fingerprint density at radius 3 is 2.38 bits per heavy atom. The van der Waals surface area contributed by atoms with Crippen LogP contribution in [0.4, 0.5) is 5.69 Å². The Labute approximate surface area is 102 Å². The van der Waals surface area contributed by atoms with Crippen molar-refractivity contribution < 1.29 is 0 Å². The van der Waals surface area contributed by atoms with Gasteiger partial charge in [0.15, 0.2) is 0 Å². The molecule has 2 bridgehead atoms. The Bertz CT molecular complexity index is 355. The van der Waals surface area contributed by atoms with Crippen molar-refractivity contribution in [3.8, 4) is 0 Å². The second-order valence-corrected chi connectivity index (χ2v) is 5.33. The van der Waals surface area contributed by atoms with E-state index in [0.717, 1.165) is 10.9 Å². The average molecular weight is 237 g/mol. The third-order valence-corrected chi connectivity index (χ3v) is 4.10. The Hall–Kier alpha value is -0.730. The van der Waals surface area contributed by atoms with Gasteiger partial charge in [-0.25, -0.2) is 0 Å². The Morgan fingerprint density at radius 1 is 1.12 bits per heavy atom. The van der Waals surface area contributed by atoms with Crippen molar-refractivity contribution in [3.05, 3.63) is 29.3 Å². The molecule has 3 heteroatoms. The molecule has 2 nitrogen and oxygen atoms in total. The van der Waals surface area contributed by atoms with E-state index in [9.17, 15) is 0 Å². The van der Waals surface area contributed by atoms with Crippen molar-refractivity contribution in [1.29, 1.82) is 0 Å². The van der Waals surface area contributed by atoms with Gasteiger partial charge in [-0.2, -0.15) is 0 Å². The first-order valence-corrected chi connectivity index (χ1v) is 6.43. The molecule has 4 rings (SSSR count). The molecular formula is C13H17ClN2. The van der Waals surface area contributed by atoms with Gasteiger partial charge in [-0.05, 0) is 56.1 Å². The molecule has 0 unspecified atom stereocenters. The second-order valence-electron chi connectivity index (χ2n) is 4.90. The number of nitrogens with one attached hydrogen (secondary N) is 1. The molecule has 16 heavy (non-hydrogen) atoms. The van der Waals surface area contributed by atoms with E-state index < -0.39 is 0 Å². The van der Waals surface area contributed by atoms with Crippen LogP contribution < -0.4 is 5.32 Å². The first kappa shape index (κ1) is 10.4. The van der Waals surface area contributed by atoms with Crippen LogP contribution in [0.2, 0.25) is 5.02 Å². The molecular weight excluding hydrogens is 220 g/mol. The summed E-state index contributed by atoms with van der Waals surface area (Å²) in [5.74, 6) is 0.862. The minimum atomic E-state index is 0.628. The highest BCUT2D eigenvalue weighted by atomic mass is 35.5. The van der Waals surface area contributed by atoms with Crippen molar-refractivity contribution >= 4 is 17.3 Å². The van der Waals surface area contributed by atoms with Crippen molar-refractivity contribution in [2.45, 2.75) is 18.9 Å². The first-order chi connectivity index (χ1) is 7.81. The Kier molecular flexibility index (Phi) is 2.78. The summed E-state index contributed by atoms with van der Waals surface area (Å²) >= 11 is 5.88. The molecule has 0 aliphatic carbocycles. The zero-order valence-electron chi connectivity index (χ0n) is 9.32. The van der Waals surface area contributed by atoms with Gasteiger partial charge >= 0.3 is 0 Å². The maximum absolute atomic E-state index is 5.88. The summed E-state index contributed by atoms with van der Waals surface area (Å²) in [5.41, 5.74) is 1.20. The fourth-order valence-electron chi connectivity index (χ4n) is 2.89.